The maximum atomic E-state index is 9.73. The Labute approximate surface area is 120 Å². The topological polar surface area (TPSA) is 58.8 Å². The molecule has 20 heavy (non-hydrogen) atoms. The molecule has 3 aromatic rings. The molecule has 0 fully saturated rings. The number of imidazole rings is 1. The smallest absolute Gasteiger partial charge is 0.237 e. The van der Waals surface area contributed by atoms with Gasteiger partial charge in [-0.1, -0.05) is 18.2 Å². The van der Waals surface area contributed by atoms with E-state index in [0.717, 1.165) is 16.2 Å². The maximum Gasteiger partial charge on any atom is 0.237 e. The molecule has 0 unspecified atom stereocenters. The predicted molar refractivity (Wildman–Crippen MR) is 78.3 cm³/mol. The zero-order valence-electron chi connectivity index (χ0n) is 11.0. The van der Waals surface area contributed by atoms with Gasteiger partial charge in [-0.25, -0.2) is 0 Å². The molecule has 0 aliphatic carbocycles. The van der Waals surface area contributed by atoms with Gasteiger partial charge >= 0.3 is 0 Å². The first-order valence-electron chi connectivity index (χ1n) is 6.25. The summed E-state index contributed by atoms with van der Waals surface area (Å²) >= 11 is 1.57. The van der Waals surface area contributed by atoms with Crippen LogP contribution in [-0.2, 0) is 13.1 Å². The van der Waals surface area contributed by atoms with Gasteiger partial charge in [-0.05, 0) is 6.07 Å². The van der Waals surface area contributed by atoms with Crippen molar-refractivity contribution in [3.8, 4) is 11.6 Å². The summed E-state index contributed by atoms with van der Waals surface area (Å²) in [6.45, 7) is 1.21. The number of methoxy groups -OCH3 is 1. The van der Waals surface area contributed by atoms with Gasteiger partial charge < -0.3 is 15.2 Å². The number of thiazole rings is 1. The number of nitrogens with one attached hydrogen (secondary N) is 1. The van der Waals surface area contributed by atoms with Gasteiger partial charge in [-0.15, -0.1) is 11.3 Å². The van der Waals surface area contributed by atoms with E-state index in [-0.39, 0.29) is 0 Å². The Balaban J connectivity index is 1.74. The van der Waals surface area contributed by atoms with Crippen LogP contribution in [0.3, 0.4) is 0 Å². The van der Waals surface area contributed by atoms with Crippen LogP contribution in [0.2, 0.25) is 0 Å². The zero-order chi connectivity index (χ0) is 13.9. The molecule has 3 rings (SSSR count). The van der Waals surface area contributed by atoms with E-state index in [2.05, 4.69) is 10.3 Å². The van der Waals surface area contributed by atoms with Crippen molar-refractivity contribution in [2.45, 2.75) is 13.1 Å². The van der Waals surface area contributed by atoms with Crippen LogP contribution in [0.1, 0.15) is 11.3 Å². The summed E-state index contributed by atoms with van der Waals surface area (Å²) in [6.07, 6.45) is 1.98. The van der Waals surface area contributed by atoms with Gasteiger partial charge in [0.2, 0.25) is 5.88 Å². The van der Waals surface area contributed by atoms with Crippen molar-refractivity contribution in [3.05, 3.63) is 47.1 Å². The fourth-order valence-electron chi connectivity index (χ4n) is 2.11. The number of hydrogen-bond acceptors (Lipinski definition) is 5. The Morgan fingerprint density at radius 2 is 2.20 bits per heavy atom. The van der Waals surface area contributed by atoms with Crippen LogP contribution < -0.4 is 10.1 Å². The first kappa shape index (κ1) is 13.0. The molecule has 5 nitrogen and oxygen atoms in total. The molecule has 1 aromatic carbocycles. The number of rotatable bonds is 5. The summed E-state index contributed by atoms with van der Waals surface area (Å²) in [5.74, 6) is 0.947. The first-order chi connectivity index (χ1) is 9.79. The largest absolute Gasteiger partial charge is 0.508 e. The van der Waals surface area contributed by atoms with E-state index in [4.69, 9.17) is 4.74 Å². The highest BCUT2D eigenvalue weighted by Crippen LogP contribution is 2.23. The van der Waals surface area contributed by atoms with Crippen molar-refractivity contribution in [2.24, 2.45) is 0 Å². The van der Waals surface area contributed by atoms with E-state index in [1.54, 1.807) is 24.5 Å². The van der Waals surface area contributed by atoms with Crippen molar-refractivity contribution in [1.29, 1.82) is 0 Å². The molecule has 0 aliphatic rings. The lowest BCUT2D eigenvalue weighted by Gasteiger charge is -2.07. The Kier molecular flexibility index (Phi) is 3.58. The second-order valence-electron chi connectivity index (χ2n) is 4.36. The molecule has 2 N–H and O–H groups in total. The highest BCUT2D eigenvalue weighted by atomic mass is 32.1. The number of ether oxygens (including phenoxy) is 1. The van der Waals surface area contributed by atoms with E-state index in [1.807, 2.05) is 34.2 Å². The molecule has 0 saturated carbocycles. The van der Waals surface area contributed by atoms with E-state index in [0.29, 0.717) is 24.7 Å². The van der Waals surface area contributed by atoms with Gasteiger partial charge in [0, 0.05) is 30.2 Å². The van der Waals surface area contributed by atoms with Crippen molar-refractivity contribution in [1.82, 2.24) is 14.7 Å². The molecular formula is C14H15N3O2S. The minimum atomic E-state index is 0.306. The summed E-state index contributed by atoms with van der Waals surface area (Å²) in [5, 5.41) is 15.0. The van der Waals surface area contributed by atoms with Gasteiger partial charge in [0.25, 0.3) is 0 Å². The average Bonchev–Trinajstić information content (AvgIpc) is 3.02. The van der Waals surface area contributed by atoms with Gasteiger partial charge in [0.1, 0.15) is 11.4 Å². The molecule has 0 bridgehead atoms. The van der Waals surface area contributed by atoms with E-state index >= 15 is 0 Å². The fraction of sp³-hybridized carbons (Fsp3) is 0.214. The lowest BCUT2D eigenvalue weighted by Crippen LogP contribution is -2.14. The number of hydrogen-bond donors (Lipinski definition) is 2. The van der Waals surface area contributed by atoms with Crippen molar-refractivity contribution in [3.63, 3.8) is 0 Å². The van der Waals surface area contributed by atoms with Crippen molar-refractivity contribution in [2.75, 3.05) is 7.11 Å². The van der Waals surface area contributed by atoms with Crippen LogP contribution in [0, 0.1) is 0 Å². The second-order valence-corrected chi connectivity index (χ2v) is 5.23. The average molecular weight is 289 g/mol. The number of aromatic nitrogens is 2. The molecule has 0 spiro atoms. The number of para-hydroxylation sites is 1. The summed E-state index contributed by atoms with van der Waals surface area (Å²) in [6, 6.07) is 7.31. The standard InChI is InChI=1S/C14H15N3O2S/c1-19-13-11(17-6-7-20-14(17)16-13)9-15-8-10-4-2-3-5-12(10)18/h2-7,15,18H,8-9H2,1H3. The Bertz CT molecular complexity index is 720. The molecule has 0 atom stereocenters. The van der Waals surface area contributed by atoms with E-state index in [9.17, 15) is 5.11 Å². The minimum absolute atomic E-state index is 0.306. The SMILES string of the molecule is COc1nc2sccn2c1CNCc1ccccc1O. The fourth-order valence-corrected chi connectivity index (χ4v) is 2.84. The van der Waals surface area contributed by atoms with Gasteiger partial charge in [-0.2, -0.15) is 4.98 Å². The number of nitrogens with zero attached hydrogens (tertiary/aromatic N) is 2. The number of phenols is 1. The third-order valence-electron chi connectivity index (χ3n) is 3.12. The molecule has 2 aromatic heterocycles. The zero-order valence-corrected chi connectivity index (χ0v) is 11.9. The molecule has 0 radical (unpaired) electrons. The summed E-state index contributed by atoms with van der Waals surface area (Å²) in [7, 11) is 1.62. The lowest BCUT2D eigenvalue weighted by molar-refractivity contribution is 0.392. The van der Waals surface area contributed by atoms with E-state index in [1.165, 1.54) is 0 Å². The van der Waals surface area contributed by atoms with Gasteiger partial charge in [0.05, 0.1) is 7.11 Å². The lowest BCUT2D eigenvalue weighted by atomic mass is 10.2. The Morgan fingerprint density at radius 3 is 3.00 bits per heavy atom. The minimum Gasteiger partial charge on any atom is -0.508 e. The maximum absolute atomic E-state index is 9.73. The number of phenolic OH excluding ortho intramolecular Hbond substituents is 1. The highest BCUT2D eigenvalue weighted by Gasteiger charge is 2.13. The number of aromatic hydroxyl groups is 1. The van der Waals surface area contributed by atoms with Crippen LogP contribution in [0.25, 0.3) is 4.96 Å². The van der Waals surface area contributed by atoms with Crippen LogP contribution in [0.5, 0.6) is 11.6 Å². The van der Waals surface area contributed by atoms with Crippen molar-refractivity contribution < 1.29 is 9.84 Å². The van der Waals surface area contributed by atoms with Crippen LogP contribution in [0.4, 0.5) is 0 Å². The molecule has 0 aliphatic heterocycles. The summed E-state index contributed by atoms with van der Waals surface area (Å²) in [5.41, 5.74) is 1.86. The normalized spacial score (nSPS) is 11.1. The van der Waals surface area contributed by atoms with E-state index < -0.39 is 0 Å². The monoisotopic (exact) mass is 289 g/mol. The molecule has 104 valence electrons. The van der Waals surface area contributed by atoms with Gasteiger partial charge in [-0.3, -0.25) is 4.40 Å². The third-order valence-corrected chi connectivity index (χ3v) is 3.87. The van der Waals surface area contributed by atoms with Crippen molar-refractivity contribution >= 4 is 16.3 Å². The second kappa shape index (κ2) is 5.52. The molecule has 0 amide bonds. The molecule has 2 heterocycles. The number of fused-ring (bicyclic) bond motifs is 1. The Hall–Kier alpha value is -2.05. The van der Waals surface area contributed by atoms with Crippen LogP contribution >= 0.6 is 11.3 Å². The highest BCUT2D eigenvalue weighted by molar-refractivity contribution is 7.15. The molecular weight excluding hydrogens is 274 g/mol. The quantitative estimate of drug-likeness (QED) is 0.757. The molecule has 0 saturated heterocycles. The third kappa shape index (κ3) is 2.35. The van der Waals surface area contributed by atoms with Crippen LogP contribution in [0.15, 0.2) is 35.8 Å². The Morgan fingerprint density at radius 1 is 1.35 bits per heavy atom. The predicted octanol–water partition coefficient (Wildman–Crippen LogP) is 2.40. The number of benzene rings is 1. The summed E-state index contributed by atoms with van der Waals surface area (Å²) < 4.78 is 7.32. The summed E-state index contributed by atoms with van der Waals surface area (Å²) in [4.78, 5) is 5.32. The van der Waals surface area contributed by atoms with Crippen LogP contribution in [-0.4, -0.2) is 21.6 Å². The van der Waals surface area contributed by atoms with Gasteiger partial charge in [0.15, 0.2) is 4.96 Å². The molecule has 6 heteroatoms. The first-order valence-corrected chi connectivity index (χ1v) is 7.13.